The van der Waals surface area contributed by atoms with Crippen LogP contribution in [0.4, 0.5) is 11.4 Å². The van der Waals surface area contributed by atoms with Crippen molar-refractivity contribution in [2.75, 3.05) is 23.4 Å². The summed E-state index contributed by atoms with van der Waals surface area (Å²) in [6.07, 6.45) is 0. The second-order valence-corrected chi connectivity index (χ2v) is 6.77. The Morgan fingerprint density at radius 3 is 2.64 bits per heavy atom. The summed E-state index contributed by atoms with van der Waals surface area (Å²) in [5.41, 5.74) is 1.85. The molecule has 0 saturated heterocycles. The summed E-state index contributed by atoms with van der Waals surface area (Å²) >= 11 is 5.84. The highest BCUT2D eigenvalue weighted by Gasteiger charge is 2.26. The van der Waals surface area contributed by atoms with Crippen LogP contribution in [0, 0.1) is 5.92 Å². The maximum atomic E-state index is 12.3. The van der Waals surface area contributed by atoms with E-state index in [0.29, 0.717) is 34.5 Å². The highest BCUT2D eigenvalue weighted by Crippen LogP contribution is 2.35. The molecule has 2 aromatic carbocycles. The van der Waals surface area contributed by atoms with Gasteiger partial charge in [-0.2, -0.15) is 0 Å². The summed E-state index contributed by atoms with van der Waals surface area (Å²) in [5.74, 6) is 0.648. The minimum Gasteiger partial charge on any atom is -0.481 e. The molecular weight excluding hydrogens is 340 g/mol. The highest BCUT2D eigenvalue weighted by atomic mass is 35.5. The number of halogens is 1. The third kappa shape index (κ3) is 3.94. The van der Waals surface area contributed by atoms with E-state index in [1.807, 2.05) is 0 Å². The van der Waals surface area contributed by atoms with Crippen LogP contribution >= 0.6 is 11.6 Å². The van der Waals surface area contributed by atoms with E-state index in [1.165, 1.54) is 0 Å². The molecule has 0 bridgehead atoms. The Balaban J connectivity index is 1.80. The third-order valence-electron chi connectivity index (χ3n) is 3.81. The first-order chi connectivity index (χ1) is 11.9. The van der Waals surface area contributed by atoms with Crippen LogP contribution in [0.3, 0.4) is 0 Å². The number of rotatable bonds is 4. The number of benzene rings is 2. The van der Waals surface area contributed by atoms with Gasteiger partial charge in [0, 0.05) is 28.9 Å². The van der Waals surface area contributed by atoms with Crippen LogP contribution in [0.15, 0.2) is 42.5 Å². The van der Waals surface area contributed by atoms with Gasteiger partial charge in [0.15, 0.2) is 6.61 Å². The van der Waals surface area contributed by atoms with Gasteiger partial charge >= 0.3 is 0 Å². The van der Waals surface area contributed by atoms with Gasteiger partial charge < -0.3 is 15.0 Å². The number of fused-ring (bicyclic) bond motifs is 1. The second-order valence-electron chi connectivity index (χ2n) is 6.33. The molecule has 130 valence electrons. The average Bonchev–Trinajstić information content (AvgIpc) is 2.57. The molecule has 5 nitrogen and oxygen atoms in total. The van der Waals surface area contributed by atoms with Gasteiger partial charge in [-0.3, -0.25) is 9.59 Å². The molecule has 1 aliphatic rings. The fourth-order valence-corrected chi connectivity index (χ4v) is 2.78. The number of carbonyl (C=O) groups is 2. The standard InChI is InChI=1S/C19H19ClN2O3/c1-12(2)10-22-16-8-7-15(9-17(16)25-11-18(22)23)21-19(24)13-3-5-14(20)6-4-13/h3-9,12H,10-11H2,1-2H3,(H,21,24). The molecule has 0 unspecified atom stereocenters. The van der Waals surface area contributed by atoms with Crippen LogP contribution in [-0.2, 0) is 4.79 Å². The number of nitrogens with zero attached hydrogens (tertiary/aromatic N) is 1. The van der Waals surface area contributed by atoms with Gasteiger partial charge in [-0.15, -0.1) is 0 Å². The topological polar surface area (TPSA) is 58.6 Å². The minimum atomic E-state index is -0.234. The molecule has 0 atom stereocenters. The molecule has 0 fully saturated rings. The Labute approximate surface area is 151 Å². The lowest BCUT2D eigenvalue weighted by Gasteiger charge is -2.31. The van der Waals surface area contributed by atoms with Crippen LogP contribution in [-0.4, -0.2) is 25.0 Å². The molecule has 1 aliphatic heterocycles. The van der Waals surface area contributed by atoms with Gasteiger partial charge in [-0.25, -0.2) is 0 Å². The second kappa shape index (κ2) is 7.15. The van der Waals surface area contributed by atoms with Gasteiger partial charge in [0.1, 0.15) is 5.75 Å². The molecule has 0 radical (unpaired) electrons. The molecule has 1 N–H and O–H groups in total. The Morgan fingerprint density at radius 1 is 1.24 bits per heavy atom. The van der Waals surface area contributed by atoms with E-state index in [9.17, 15) is 9.59 Å². The number of hydrogen-bond acceptors (Lipinski definition) is 3. The monoisotopic (exact) mass is 358 g/mol. The van der Waals surface area contributed by atoms with Gasteiger partial charge in [-0.05, 0) is 42.3 Å². The van der Waals surface area contributed by atoms with E-state index in [0.717, 1.165) is 5.69 Å². The van der Waals surface area contributed by atoms with E-state index >= 15 is 0 Å². The molecule has 3 rings (SSSR count). The summed E-state index contributed by atoms with van der Waals surface area (Å²) in [7, 11) is 0. The van der Waals surface area contributed by atoms with Crippen molar-refractivity contribution in [1.82, 2.24) is 0 Å². The van der Waals surface area contributed by atoms with Crippen LogP contribution in [0.25, 0.3) is 0 Å². The SMILES string of the molecule is CC(C)CN1C(=O)COc2cc(NC(=O)c3ccc(Cl)cc3)ccc21. The summed E-state index contributed by atoms with van der Waals surface area (Å²) < 4.78 is 5.53. The Morgan fingerprint density at radius 2 is 1.96 bits per heavy atom. The van der Waals surface area contributed by atoms with Crippen molar-refractivity contribution in [2.24, 2.45) is 5.92 Å². The van der Waals surface area contributed by atoms with E-state index in [2.05, 4.69) is 19.2 Å². The predicted molar refractivity (Wildman–Crippen MR) is 98.5 cm³/mol. The van der Waals surface area contributed by atoms with Gasteiger partial charge in [0.05, 0.1) is 5.69 Å². The smallest absolute Gasteiger partial charge is 0.265 e. The van der Waals surface area contributed by atoms with Crippen molar-refractivity contribution in [3.63, 3.8) is 0 Å². The predicted octanol–water partition coefficient (Wildman–Crippen LogP) is 3.97. The molecule has 0 spiro atoms. The first-order valence-electron chi connectivity index (χ1n) is 8.08. The molecule has 0 aliphatic carbocycles. The fourth-order valence-electron chi connectivity index (χ4n) is 2.65. The largest absolute Gasteiger partial charge is 0.481 e. The zero-order valence-corrected chi connectivity index (χ0v) is 14.8. The molecule has 2 aromatic rings. The lowest BCUT2D eigenvalue weighted by atomic mass is 10.1. The zero-order valence-electron chi connectivity index (χ0n) is 14.1. The third-order valence-corrected chi connectivity index (χ3v) is 4.07. The normalized spacial score (nSPS) is 13.4. The van der Waals surface area contributed by atoms with Crippen LogP contribution < -0.4 is 15.0 Å². The summed E-state index contributed by atoms with van der Waals surface area (Å²) in [6.45, 7) is 4.76. The molecular formula is C19H19ClN2O3. The van der Waals surface area contributed by atoms with E-state index in [1.54, 1.807) is 47.4 Å². The number of ether oxygens (including phenoxy) is 1. The van der Waals surface area contributed by atoms with Crippen molar-refractivity contribution < 1.29 is 14.3 Å². The molecule has 6 heteroatoms. The lowest BCUT2D eigenvalue weighted by molar-refractivity contribution is -0.121. The lowest BCUT2D eigenvalue weighted by Crippen LogP contribution is -2.40. The number of amides is 2. The van der Waals surface area contributed by atoms with Crippen LogP contribution in [0.2, 0.25) is 5.02 Å². The van der Waals surface area contributed by atoms with Crippen molar-refractivity contribution >= 4 is 34.8 Å². The van der Waals surface area contributed by atoms with Gasteiger partial charge in [-0.1, -0.05) is 25.4 Å². The maximum absolute atomic E-state index is 12.3. The average molecular weight is 359 g/mol. The summed E-state index contributed by atoms with van der Waals surface area (Å²) in [5, 5.41) is 3.41. The number of carbonyl (C=O) groups excluding carboxylic acids is 2. The van der Waals surface area contributed by atoms with Crippen molar-refractivity contribution in [3.05, 3.63) is 53.1 Å². The Hall–Kier alpha value is -2.53. The van der Waals surface area contributed by atoms with E-state index < -0.39 is 0 Å². The molecule has 2 amide bonds. The maximum Gasteiger partial charge on any atom is 0.265 e. The first kappa shape index (κ1) is 17.3. The Bertz CT molecular complexity index is 803. The fraction of sp³-hybridized carbons (Fsp3) is 0.263. The number of hydrogen-bond donors (Lipinski definition) is 1. The van der Waals surface area contributed by atoms with Crippen LogP contribution in [0.5, 0.6) is 5.75 Å². The molecule has 0 saturated carbocycles. The van der Waals surface area contributed by atoms with E-state index in [4.69, 9.17) is 16.3 Å². The summed E-state index contributed by atoms with van der Waals surface area (Å²) in [6, 6.07) is 12.0. The van der Waals surface area contributed by atoms with Gasteiger partial charge in [0.2, 0.25) is 0 Å². The van der Waals surface area contributed by atoms with E-state index in [-0.39, 0.29) is 18.4 Å². The zero-order chi connectivity index (χ0) is 18.0. The van der Waals surface area contributed by atoms with Crippen LogP contribution in [0.1, 0.15) is 24.2 Å². The minimum absolute atomic E-state index is 0.00824. The number of anilines is 2. The quantitative estimate of drug-likeness (QED) is 0.899. The summed E-state index contributed by atoms with van der Waals surface area (Å²) in [4.78, 5) is 26.1. The molecule has 25 heavy (non-hydrogen) atoms. The Kier molecular flexibility index (Phi) is 4.95. The number of nitrogens with one attached hydrogen (secondary N) is 1. The first-order valence-corrected chi connectivity index (χ1v) is 8.46. The highest BCUT2D eigenvalue weighted by molar-refractivity contribution is 6.30. The van der Waals surface area contributed by atoms with Gasteiger partial charge in [0.25, 0.3) is 11.8 Å². The molecule has 0 aromatic heterocycles. The van der Waals surface area contributed by atoms with Crippen molar-refractivity contribution in [2.45, 2.75) is 13.8 Å². The molecule has 1 heterocycles. The van der Waals surface area contributed by atoms with Crippen molar-refractivity contribution in [1.29, 1.82) is 0 Å². The van der Waals surface area contributed by atoms with Crippen molar-refractivity contribution in [3.8, 4) is 5.75 Å².